The first-order chi connectivity index (χ1) is 11.1. The Morgan fingerprint density at radius 3 is 2.74 bits per heavy atom. The van der Waals surface area contributed by atoms with Crippen molar-refractivity contribution in [2.45, 2.75) is 19.9 Å². The van der Waals surface area contributed by atoms with E-state index in [-0.39, 0.29) is 11.8 Å². The van der Waals surface area contributed by atoms with Crippen LogP contribution in [0.4, 0.5) is 0 Å². The van der Waals surface area contributed by atoms with Gasteiger partial charge in [0.2, 0.25) is 11.8 Å². The molecule has 2 N–H and O–H groups in total. The van der Waals surface area contributed by atoms with Crippen LogP contribution in [-0.2, 0) is 9.59 Å². The van der Waals surface area contributed by atoms with Crippen molar-refractivity contribution in [3.8, 4) is 5.69 Å². The van der Waals surface area contributed by atoms with E-state index < -0.39 is 6.04 Å². The molecule has 2 rings (SSSR count). The number of likely N-dealkylation sites (N-methyl/N-ethyl adjacent to an activating group) is 1. The number of nitrogens with one attached hydrogen (secondary N) is 2. The molecular formula is C17H20N4O2. The third-order valence-corrected chi connectivity index (χ3v) is 3.15. The molecule has 1 atom stereocenters. The lowest BCUT2D eigenvalue weighted by atomic mass is 10.3. The summed E-state index contributed by atoms with van der Waals surface area (Å²) in [7, 11) is 0. The van der Waals surface area contributed by atoms with E-state index in [1.165, 1.54) is 6.08 Å². The minimum absolute atomic E-state index is 0.203. The summed E-state index contributed by atoms with van der Waals surface area (Å²) in [6.07, 6.45) is 6.55. The van der Waals surface area contributed by atoms with Crippen LogP contribution in [0.3, 0.4) is 0 Å². The number of nitrogens with zero attached hydrogens (tertiary/aromatic N) is 2. The van der Waals surface area contributed by atoms with Crippen LogP contribution in [0.1, 0.15) is 19.4 Å². The van der Waals surface area contributed by atoms with E-state index in [2.05, 4.69) is 15.7 Å². The third kappa shape index (κ3) is 4.81. The third-order valence-electron chi connectivity index (χ3n) is 3.15. The van der Waals surface area contributed by atoms with E-state index in [1.807, 2.05) is 43.5 Å². The topological polar surface area (TPSA) is 76.0 Å². The molecule has 0 aliphatic heterocycles. The fourth-order valence-electron chi connectivity index (χ4n) is 1.97. The number of rotatable bonds is 6. The maximum atomic E-state index is 11.8. The van der Waals surface area contributed by atoms with Crippen molar-refractivity contribution in [1.82, 2.24) is 20.4 Å². The summed E-state index contributed by atoms with van der Waals surface area (Å²) < 4.78 is 1.73. The van der Waals surface area contributed by atoms with Gasteiger partial charge in [0.25, 0.3) is 0 Å². The van der Waals surface area contributed by atoms with Crippen molar-refractivity contribution < 1.29 is 9.59 Å². The smallest absolute Gasteiger partial charge is 0.244 e. The molecule has 2 aromatic rings. The van der Waals surface area contributed by atoms with Crippen molar-refractivity contribution >= 4 is 17.9 Å². The predicted molar refractivity (Wildman–Crippen MR) is 88.9 cm³/mol. The second-order valence-corrected chi connectivity index (χ2v) is 5.01. The standard InChI is InChI=1S/C17H20N4O2/c1-3-18-17(23)13(2)20-16(22)10-9-14-11-19-21(12-14)15-7-5-4-6-8-15/h4-13H,3H2,1-2H3,(H,18,23)(H,20,22)/b10-9+/t13-/m1/s1. The quantitative estimate of drug-likeness (QED) is 0.794. The molecule has 0 saturated carbocycles. The molecule has 0 aliphatic rings. The molecule has 0 unspecified atom stereocenters. The lowest BCUT2D eigenvalue weighted by molar-refractivity contribution is -0.126. The van der Waals surface area contributed by atoms with Gasteiger partial charge in [0, 0.05) is 24.4 Å². The summed E-state index contributed by atoms with van der Waals surface area (Å²) in [6, 6.07) is 9.13. The second-order valence-electron chi connectivity index (χ2n) is 5.01. The minimum Gasteiger partial charge on any atom is -0.355 e. The minimum atomic E-state index is -0.570. The monoisotopic (exact) mass is 312 g/mol. The molecule has 1 heterocycles. The van der Waals surface area contributed by atoms with E-state index >= 15 is 0 Å². The largest absolute Gasteiger partial charge is 0.355 e. The number of aromatic nitrogens is 2. The summed E-state index contributed by atoms with van der Waals surface area (Å²) in [4.78, 5) is 23.4. The fourth-order valence-corrected chi connectivity index (χ4v) is 1.97. The van der Waals surface area contributed by atoms with Gasteiger partial charge in [0.1, 0.15) is 6.04 Å². The molecule has 0 fully saturated rings. The average molecular weight is 312 g/mol. The van der Waals surface area contributed by atoms with Gasteiger partial charge in [-0.3, -0.25) is 9.59 Å². The summed E-state index contributed by atoms with van der Waals surface area (Å²) in [5.41, 5.74) is 1.75. The first-order valence-electron chi connectivity index (χ1n) is 7.46. The maximum Gasteiger partial charge on any atom is 0.244 e. The maximum absolute atomic E-state index is 11.8. The number of carbonyl (C=O) groups excluding carboxylic acids is 2. The van der Waals surface area contributed by atoms with Gasteiger partial charge >= 0.3 is 0 Å². The Balaban J connectivity index is 1.94. The van der Waals surface area contributed by atoms with Gasteiger partial charge in [-0.05, 0) is 32.1 Å². The molecule has 1 aromatic heterocycles. The first kappa shape index (κ1) is 16.5. The van der Waals surface area contributed by atoms with E-state index in [0.717, 1.165) is 11.3 Å². The van der Waals surface area contributed by atoms with Gasteiger partial charge in [0.15, 0.2) is 0 Å². The highest BCUT2D eigenvalue weighted by Crippen LogP contribution is 2.08. The van der Waals surface area contributed by atoms with Crippen molar-refractivity contribution in [2.75, 3.05) is 6.54 Å². The number of hydrogen-bond acceptors (Lipinski definition) is 3. The summed E-state index contributed by atoms with van der Waals surface area (Å²) >= 11 is 0. The van der Waals surface area contributed by atoms with Crippen LogP contribution in [0.2, 0.25) is 0 Å². The van der Waals surface area contributed by atoms with Crippen LogP contribution in [0.5, 0.6) is 0 Å². The molecule has 0 radical (unpaired) electrons. The van der Waals surface area contributed by atoms with Gasteiger partial charge in [-0.1, -0.05) is 18.2 Å². The molecule has 0 aliphatic carbocycles. The zero-order valence-electron chi connectivity index (χ0n) is 13.2. The summed E-state index contributed by atoms with van der Waals surface area (Å²) in [5, 5.41) is 9.51. The van der Waals surface area contributed by atoms with Crippen molar-refractivity contribution in [3.63, 3.8) is 0 Å². The molecule has 6 heteroatoms. The Hall–Kier alpha value is -2.89. The Kier molecular flexibility index (Phi) is 5.68. The molecule has 1 aromatic carbocycles. The molecule has 2 amide bonds. The van der Waals surface area contributed by atoms with E-state index in [9.17, 15) is 9.59 Å². The molecular weight excluding hydrogens is 292 g/mol. The molecule has 23 heavy (non-hydrogen) atoms. The zero-order chi connectivity index (χ0) is 16.7. The van der Waals surface area contributed by atoms with E-state index in [4.69, 9.17) is 0 Å². The Bertz CT molecular complexity index is 692. The molecule has 6 nitrogen and oxygen atoms in total. The number of benzene rings is 1. The van der Waals surface area contributed by atoms with Crippen LogP contribution in [0, 0.1) is 0 Å². The van der Waals surface area contributed by atoms with Gasteiger partial charge in [0.05, 0.1) is 11.9 Å². The molecule has 0 bridgehead atoms. The SMILES string of the molecule is CCNC(=O)[C@@H](C)NC(=O)/C=C/c1cnn(-c2ccccc2)c1. The Morgan fingerprint density at radius 1 is 1.30 bits per heavy atom. The van der Waals surface area contributed by atoms with Crippen molar-refractivity contribution in [2.24, 2.45) is 0 Å². The van der Waals surface area contributed by atoms with Gasteiger partial charge in [-0.15, -0.1) is 0 Å². The number of para-hydroxylation sites is 1. The first-order valence-corrected chi connectivity index (χ1v) is 7.46. The normalized spacial score (nSPS) is 12.1. The average Bonchev–Trinajstić information content (AvgIpc) is 3.03. The van der Waals surface area contributed by atoms with Crippen LogP contribution in [-0.4, -0.2) is 34.2 Å². The highest BCUT2D eigenvalue weighted by atomic mass is 16.2. The van der Waals surface area contributed by atoms with Gasteiger partial charge in [-0.2, -0.15) is 5.10 Å². The van der Waals surface area contributed by atoms with Crippen LogP contribution >= 0.6 is 0 Å². The van der Waals surface area contributed by atoms with Crippen LogP contribution < -0.4 is 10.6 Å². The van der Waals surface area contributed by atoms with Gasteiger partial charge < -0.3 is 10.6 Å². The number of carbonyl (C=O) groups is 2. The number of hydrogen-bond donors (Lipinski definition) is 2. The van der Waals surface area contributed by atoms with Gasteiger partial charge in [-0.25, -0.2) is 4.68 Å². The lowest BCUT2D eigenvalue weighted by Crippen LogP contribution is -2.44. The highest BCUT2D eigenvalue weighted by Gasteiger charge is 2.12. The van der Waals surface area contributed by atoms with E-state index in [0.29, 0.717) is 6.54 Å². The zero-order valence-corrected chi connectivity index (χ0v) is 13.2. The van der Waals surface area contributed by atoms with Crippen LogP contribution in [0.25, 0.3) is 11.8 Å². The predicted octanol–water partition coefficient (Wildman–Crippen LogP) is 1.53. The summed E-state index contributed by atoms with van der Waals surface area (Å²) in [6.45, 7) is 4.01. The molecule has 120 valence electrons. The summed E-state index contributed by atoms with van der Waals surface area (Å²) in [5.74, 6) is -0.526. The van der Waals surface area contributed by atoms with E-state index in [1.54, 1.807) is 23.9 Å². The van der Waals surface area contributed by atoms with Crippen LogP contribution in [0.15, 0.2) is 48.8 Å². The highest BCUT2D eigenvalue weighted by molar-refractivity contribution is 5.95. The molecule has 0 spiro atoms. The second kappa shape index (κ2) is 7.93. The molecule has 0 saturated heterocycles. The van der Waals surface area contributed by atoms with Crippen molar-refractivity contribution in [1.29, 1.82) is 0 Å². The Morgan fingerprint density at radius 2 is 2.04 bits per heavy atom. The Labute approximate surface area is 135 Å². The lowest BCUT2D eigenvalue weighted by Gasteiger charge is -2.11. The van der Waals surface area contributed by atoms with Crippen molar-refractivity contribution in [3.05, 3.63) is 54.4 Å². The fraction of sp³-hybridized carbons (Fsp3) is 0.235. The number of amides is 2.